The smallest absolute Gasteiger partial charge is 0.397 e. The quantitative estimate of drug-likeness (QED) is 0.286. The first kappa shape index (κ1) is 15.9. The van der Waals surface area contributed by atoms with Gasteiger partial charge in [0.1, 0.15) is 0 Å². The van der Waals surface area contributed by atoms with Crippen molar-refractivity contribution < 1.29 is 28.0 Å². The van der Waals surface area contributed by atoms with Crippen molar-refractivity contribution in [2.75, 3.05) is 5.73 Å². The molecule has 9 heteroatoms. The Morgan fingerprint density at radius 3 is 2.20 bits per heavy atom. The van der Waals surface area contributed by atoms with E-state index in [4.69, 9.17) is 16.7 Å². The average molecular weight is 291 g/mol. The van der Waals surface area contributed by atoms with Crippen LogP contribution in [0.25, 0.3) is 0 Å². The molecule has 1 rings (SSSR count). The summed E-state index contributed by atoms with van der Waals surface area (Å²) in [5.41, 5.74) is 9.08. The molecule has 1 atom stereocenters. The number of nitrogens with one attached hydrogen (secondary N) is 1. The van der Waals surface area contributed by atoms with Gasteiger partial charge in [-0.2, -0.15) is 13.2 Å². The zero-order valence-electron chi connectivity index (χ0n) is 10.3. The summed E-state index contributed by atoms with van der Waals surface area (Å²) in [6.07, 6.45) is -4.79. The topological polar surface area (TPSA) is 118 Å². The molecule has 6 N–H and O–H groups in total. The van der Waals surface area contributed by atoms with E-state index in [0.29, 0.717) is 12.1 Å². The van der Waals surface area contributed by atoms with Crippen LogP contribution in [0.2, 0.25) is 0 Å². The normalized spacial score (nSPS) is 12.9. The van der Waals surface area contributed by atoms with E-state index in [0.717, 1.165) is 0 Å². The molecule has 1 aromatic rings. The Morgan fingerprint density at radius 2 is 1.80 bits per heavy atom. The van der Waals surface area contributed by atoms with Crippen molar-refractivity contribution in [3.63, 3.8) is 0 Å². The van der Waals surface area contributed by atoms with E-state index in [1.54, 1.807) is 0 Å². The number of hydrogen-bond donors (Lipinski definition) is 4. The molecule has 1 aromatic carbocycles. The van der Waals surface area contributed by atoms with Gasteiger partial charge in [-0.25, -0.2) is 5.48 Å². The van der Waals surface area contributed by atoms with Crippen molar-refractivity contribution >= 4 is 17.4 Å². The molecule has 0 fully saturated rings. The second kappa shape index (κ2) is 5.47. The molecule has 0 saturated heterocycles. The summed E-state index contributed by atoms with van der Waals surface area (Å²) >= 11 is 0. The van der Waals surface area contributed by atoms with Crippen LogP contribution in [-0.4, -0.2) is 22.9 Å². The van der Waals surface area contributed by atoms with E-state index in [9.17, 15) is 22.8 Å². The molecular weight excluding hydrogens is 279 g/mol. The summed E-state index contributed by atoms with van der Waals surface area (Å²) < 4.78 is 38.2. The number of ketones is 1. The SMILES string of the molecule is C[C@H](N)C(=O)c1cc(C(F)(F)F)cc(C(=O)NO)c1N. The Kier molecular flexibility index (Phi) is 4.36. The number of alkyl halides is 3. The lowest BCUT2D eigenvalue weighted by molar-refractivity contribution is -0.137. The molecule has 1 amide bonds. The van der Waals surface area contributed by atoms with Gasteiger partial charge in [0, 0.05) is 5.56 Å². The molecule has 0 aliphatic heterocycles. The predicted octanol–water partition coefficient (Wildman–Crippen LogP) is 0.937. The van der Waals surface area contributed by atoms with Gasteiger partial charge in [0.25, 0.3) is 5.91 Å². The van der Waals surface area contributed by atoms with Crippen LogP contribution in [0.4, 0.5) is 18.9 Å². The number of hydroxylamine groups is 1. The number of anilines is 1. The number of rotatable bonds is 3. The molecule has 20 heavy (non-hydrogen) atoms. The number of amides is 1. The maximum absolute atomic E-state index is 12.7. The molecule has 6 nitrogen and oxygen atoms in total. The number of hydrogen-bond acceptors (Lipinski definition) is 5. The minimum absolute atomic E-state index is 0.443. The van der Waals surface area contributed by atoms with Gasteiger partial charge >= 0.3 is 6.18 Å². The monoisotopic (exact) mass is 291 g/mol. The summed E-state index contributed by atoms with van der Waals surface area (Å²) in [5.74, 6) is -2.10. The number of halogens is 3. The van der Waals surface area contributed by atoms with Crippen LogP contribution >= 0.6 is 0 Å². The Morgan fingerprint density at radius 1 is 1.30 bits per heavy atom. The summed E-state index contributed by atoms with van der Waals surface area (Å²) in [6.45, 7) is 1.27. The number of nitrogens with two attached hydrogens (primary N) is 2. The van der Waals surface area contributed by atoms with Gasteiger partial charge in [0.15, 0.2) is 5.78 Å². The predicted molar refractivity (Wildman–Crippen MR) is 63.1 cm³/mol. The maximum Gasteiger partial charge on any atom is 0.416 e. The number of carbonyl (C=O) groups is 2. The van der Waals surface area contributed by atoms with E-state index in [1.807, 2.05) is 0 Å². The van der Waals surface area contributed by atoms with Gasteiger partial charge in [-0.15, -0.1) is 0 Å². The van der Waals surface area contributed by atoms with Crippen LogP contribution < -0.4 is 16.9 Å². The van der Waals surface area contributed by atoms with Crippen molar-refractivity contribution in [3.05, 3.63) is 28.8 Å². The minimum atomic E-state index is -4.79. The molecule has 0 saturated carbocycles. The highest BCUT2D eigenvalue weighted by molar-refractivity contribution is 6.09. The average Bonchev–Trinajstić information content (AvgIpc) is 2.35. The molecule has 0 spiro atoms. The second-order valence-electron chi connectivity index (χ2n) is 4.08. The van der Waals surface area contributed by atoms with Gasteiger partial charge < -0.3 is 11.5 Å². The highest BCUT2D eigenvalue weighted by Gasteiger charge is 2.34. The number of benzene rings is 1. The zero-order valence-corrected chi connectivity index (χ0v) is 10.3. The number of carbonyl (C=O) groups excluding carboxylic acids is 2. The molecule has 0 radical (unpaired) electrons. The Hall–Kier alpha value is -2.13. The molecule has 0 aliphatic carbocycles. The van der Waals surface area contributed by atoms with Crippen LogP contribution in [0.5, 0.6) is 0 Å². The maximum atomic E-state index is 12.7. The largest absolute Gasteiger partial charge is 0.416 e. The van der Waals surface area contributed by atoms with E-state index in [2.05, 4.69) is 0 Å². The fraction of sp³-hybridized carbons (Fsp3) is 0.273. The van der Waals surface area contributed by atoms with Gasteiger partial charge in [0.05, 0.1) is 22.9 Å². The highest BCUT2D eigenvalue weighted by atomic mass is 19.4. The van der Waals surface area contributed by atoms with Crippen molar-refractivity contribution in [2.45, 2.75) is 19.1 Å². The van der Waals surface area contributed by atoms with E-state index >= 15 is 0 Å². The van der Waals surface area contributed by atoms with Crippen molar-refractivity contribution in [3.8, 4) is 0 Å². The van der Waals surface area contributed by atoms with Crippen LogP contribution in [0, 0.1) is 0 Å². The van der Waals surface area contributed by atoms with Gasteiger partial charge in [-0.3, -0.25) is 14.8 Å². The first-order valence-electron chi connectivity index (χ1n) is 5.34. The molecular formula is C11H12F3N3O3. The molecule has 0 unspecified atom stereocenters. The zero-order chi connectivity index (χ0) is 15.7. The lowest BCUT2D eigenvalue weighted by atomic mass is 9.96. The summed E-state index contributed by atoms with van der Waals surface area (Å²) in [4.78, 5) is 23.0. The summed E-state index contributed by atoms with van der Waals surface area (Å²) in [7, 11) is 0. The Balaban J connectivity index is 3.59. The number of Topliss-reactive ketones (excluding diaryl/α,β-unsaturated/α-hetero) is 1. The van der Waals surface area contributed by atoms with Crippen LogP contribution in [0.15, 0.2) is 12.1 Å². The van der Waals surface area contributed by atoms with Crippen LogP contribution in [0.3, 0.4) is 0 Å². The third-order valence-corrected chi connectivity index (χ3v) is 2.53. The Bertz CT molecular complexity index is 556. The van der Waals surface area contributed by atoms with Crippen molar-refractivity contribution in [1.82, 2.24) is 5.48 Å². The lowest BCUT2D eigenvalue weighted by Gasteiger charge is -2.15. The minimum Gasteiger partial charge on any atom is -0.397 e. The standard InChI is InChI=1S/C11H12F3N3O3/c1-4(15)9(18)6-2-5(11(12,13)14)3-7(8(6)16)10(19)17-20/h2-4,20H,15-16H2,1H3,(H,17,19)/t4-/m0/s1. The van der Waals surface area contributed by atoms with Crippen LogP contribution in [0.1, 0.15) is 33.2 Å². The molecule has 0 aromatic heterocycles. The van der Waals surface area contributed by atoms with Crippen molar-refractivity contribution in [1.29, 1.82) is 0 Å². The molecule has 0 heterocycles. The highest BCUT2D eigenvalue weighted by Crippen LogP contribution is 2.33. The second-order valence-corrected chi connectivity index (χ2v) is 4.08. The first-order chi connectivity index (χ1) is 9.09. The number of nitrogen functional groups attached to an aromatic ring is 1. The van der Waals surface area contributed by atoms with E-state index in [1.165, 1.54) is 12.4 Å². The first-order valence-corrected chi connectivity index (χ1v) is 5.34. The van der Waals surface area contributed by atoms with Gasteiger partial charge in [-0.1, -0.05) is 0 Å². The third-order valence-electron chi connectivity index (χ3n) is 2.53. The van der Waals surface area contributed by atoms with Crippen LogP contribution in [-0.2, 0) is 6.18 Å². The van der Waals surface area contributed by atoms with Crippen molar-refractivity contribution in [2.24, 2.45) is 5.73 Å². The Labute approximate surface area is 111 Å². The third kappa shape index (κ3) is 3.06. The molecule has 110 valence electrons. The summed E-state index contributed by atoms with van der Waals surface area (Å²) in [5, 5.41) is 8.50. The molecule has 0 bridgehead atoms. The van der Waals surface area contributed by atoms with Gasteiger partial charge in [0.2, 0.25) is 0 Å². The fourth-order valence-electron chi connectivity index (χ4n) is 1.51. The van der Waals surface area contributed by atoms with E-state index < -0.39 is 46.3 Å². The van der Waals surface area contributed by atoms with Gasteiger partial charge in [-0.05, 0) is 19.1 Å². The lowest BCUT2D eigenvalue weighted by Crippen LogP contribution is -2.29. The fourth-order valence-corrected chi connectivity index (χ4v) is 1.51. The molecule has 0 aliphatic rings. The van der Waals surface area contributed by atoms with E-state index in [-0.39, 0.29) is 0 Å². The summed E-state index contributed by atoms with van der Waals surface area (Å²) in [6, 6.07) is -0.126.